The Morgan fingerprint density at radius 2 is 1.67 bits per heavy atom. The molecule has 0 bridgehead atoms. The monoisotopic (exact) mass is 192 g/mol. The van der Waals surface area contributed by atoms with Gasteiger partial charge < -0.3 is 4.74 Å². The van der Waals surface area contributed by atoms with Crippen LogP contribution < -0.4 is 37.5 Å². The van der Waals surface area contributed by atoms with Crippen LogP contribution in [-0.2, 0) is 9.53 Å². The molecule has 0 aromatic heterocycles. The summed E-state index contributed by atoms with van der Waals surface area (Å²) in [6, 6.07) is 0. The van der Waals surface area contributed by atoms with Gasteiger partial charge in [-0.3, -0.25) is 4.79 Å². The molecule has 0 aliphatic carbocycles. The van der Waals surface area contributed by atoms with E-state index in [1.807, 2.05) is 0 Å². The number of carbonyl (C=O) groups excluding carboxylic acids is 1. The first-order valence-electron chi connectivity index (χ1n) is 2.67. The van der Waals surface area contributed by atoms with Gasteiger partial charge in [0.2, 0.25) is 0 Å². The van der Waals surface area contributed by atoms with Gasteiger partial charge in [-0.1, -0.05) is 0 Å². The van der Waals surface area contributed by atoms with Gasteiger partial charge in [0.1, 0.15) is 0 Å². The Morgan fingerprint density at radius 1 is 1.25 bits per heavy atom. The predicted molar refractivity (Wildman–Crippen MR) is 20.2 cm³/mol. The van der Waals surface area contributed by atoms with Crippen LogP contribution in [0.4, 0.5) is 0 Å². The van der Waals surface area contributed by atoms with Crippen molar-refractivity contribution in [2.24, 2.45) is 0 Å². The number of hydrogen-bond acceptors (Lipinski definition) is 6. The molecule has 0 unspecified atom stereocenters. The molecule has 0 amide bonds. The average Bonchev–Trinajstić information content (AvgIpc) is 2.12. The van der Waals surface area contributed by atoms with Crippen molar-refractivity contribution < 1.29 is 57.3 Å². The second-order valence-corrected chi connectivity index (χ2v) is 2.46. The number of hydrogen-bond donors (Lipinski definition) is 0. The molecule has 0 radical (unpaired) electrons. The van der Waals surface area contributed by atoms with Crippen molar-refractivity contribution in [3.05, 3.63) is 0 Å². The van der Waals surface area contributed by atoms with E-state index in [4.69, 9.17) is 18.6 Å². The third kappa shape index (κ3) is 16.7. The first kappa shape index (κ1) is 14.7. The molecule has 12 heavy (non-hydrogen) atoms. The minimum Gasteiger partial charge on any atom is -0.466 e. The van der Waals surface area contributed by atoms with Crippen LogP contribution in [0.5, 0.6) is 0 Å². The Hall–Kier alpha value is 0.197. The van der Waals surface area contributed by atoms with Gasteiger partial charge in [-0.2, -0.15) is 0 Å². The molecule has 66 valence electrons. The van der Waals surface area contributed by atoms with Crippen LogP contribution >= 0.6 is 0 Å². The van der Waals surface area contributed by atoms with Crippen LogP contribution in [0.1, 0.15) is 12.8 Å². The molecule has 1 aliphatic heterocycles. The van der Waals surface area contributed by atoms with Gasteiger partial charge in [0.25, 0.3) is 0 Å². The first-order valence-corrected chi connectivity index (χ1v) is 3.90. The molecule has 0 N–H and O–H groups in total. The Kier molecular flexibility index (Phi) is 8.19. The van der Waals surface area contributed by atoms with E-state index in [2.05, 4.69) is 4.74 Å². The zero-order valence-electron chi connectivity index (χ0n) is 6.45. The van der Waals surface area contributed by atoms with Crippen molar-refractivity contribution in [1.29, 1.82) is 0 Å². The minimum atomic E-state index is -4.94. The number of rotatable bonds is 0. The number of carbonyl (C=O) groups is 1. The zero-order chi connectivity index (χ0) is 8.91. The maximum atomic E-state index is 10.0. The molecule has 1 fully saturated rings. The largest absolute Gasteiger partial charge is 1.00 e. The summed E-state index contributed by atoms with van der Waals surface area (Å²) < 4.78 is 38.5. The van der Waals surface area contributed by atoms with Gasteiger partial charge in [0.15, 0.2) is 0 Å². The second kappa shape index (κ2) is 6.69. The van der Waals surface area contributed by atoms with Crippen molar-refractivity contribution in [3.8, 4) is 0 Å². The third-order valence-electron chi connectivity index (χ3n) is 0.788. The van der Waals surface area contributed by atoms with Crippen molar-refractivity contribution in [2.45, 2.75) is 12.8 Å². The molecule has 1 aliphatic rings. The molecule has 8 heteroatoms. The van der Waals surface area contributed by atoms with E-state index in [0.717, 1.165) is 6.42 Å². The summed E-state index contributed by atoms with van der Waals surface area (Å²) in [5, 5.41) is 0. The zero-order valence-corrected chi connectivity index (χ0v) is 7.20. The molecule has 0 aromatic rings. The smallest absolute Gasteiger partial charge is 0.466 e. The molecular weight excluding hydrogens is 186 g/mol. The molecule has 1 heterocycles. The van der Waals surface area contributed by atoms with Crippen LogP contribution in [0, 0.1) is 10.2 Å². The predicted octanol–water partition coefficient (Wildman–Crippen LogP) is -7.43. The van der Waals surface area contributed by atoms with Crippen LogP contribution in [0.3, 0.4) is 0 Å². The first-order chi connectivity index (χ1) is 4.89. The van der Waals surface area contributed by atoms with Crippen LogP contribution in [-0.4, -0.2) is 12.6 Å². The maximum Gasteiger partial charge on any atom is 1.00 e. The van der Waals surface area contributed by atoms with Gasteiger partial charge in [-0.25, -0.2) is 18.6 Å². The van der Waals surface area contributed by atoms with Crippen molar-refractivity contribution in [2.75, 3.05) is 6.61 Å². The summed E-state index contributed by atoms with van der Waals surface area (Å²) in [6.07, 6.45) is 1.54. The summed E-state index contributed by atoms with van der Waals surface area (Å²) in [6.45, 7) is 0.638. The van der Waals surface area contributed by atoms with Gasteiger partial charge in [-0.15, -0.1) is 10.2 Å². The number of esters is 1. The summed E-state index contributed by atoms with van der Waals surface area (Å²) in [5.41, 5.74) is 0. The Morgan fingerprint density at radius 3 is 1.75 bits per heavy atom. The minimum absolute atomic E-state index is 0. The fraction of sp³-hybridized carbons (Fsp3) is 0.750. The van der Waals surface area contributed by atoms with E-state index in [1.165, 1.54) is 0 Å². The molecule has 0 aromatic carbocycles. The molecule has 1 saturated heterocycles. The van der Waals surface area contributed by atoms with E-state index in [9.17, 15) is 4.79 Å². The number of ether oxygens (including phenoxy) is 1. The maximum absolute atomic E-state index is 10.0. The van der Waals surface area contributed by atoms with E-state index in [1.54, 1.807) is 0 Å². The topological polar surface area (TPSA) is 119 Å². The summed E-state index contributed by atoms with van der Waals surface area (Å²) >= 11 is 0. The van der Waals surface area contributed by atoms with Crippen molar-refractivity contribution in [1.82, 2.24) is 0 Å². The third-order valence-corrected chi connectivity index (χ3v) is 0.788. The molecule has 0 spiro atoms. The van der Waals surface area contributed by atoms with Crippen LogP contribution in [0.25, 0.3) is 0 Å². The quantitative estimate of drug-likeness (QED) is 0.278. The van der Waals surface area contributed by atoms with Crippen molar-refractivity contribution in [3.63, 3.8) is 0 Å². The Balaban J connectivity index is 0. The molecule has 1 rings (SSSR count). The molecule has 0 saturated carbocycles. The molecular formula is C4H6ClLiO6. The normalized spacial score (nSPS) is 15.5. The van der Waals surface area contributed by atoms with Crippen LogP contribution in [0.15, 0.2) is 0 Å². The van der Waals surface area contributed by atoms with Gasteiger partial charge in [0, 0.05) is 6.42 Å². The molecule has 0 atom stereocenters. The van der Waals surface area contributed by atoms with Gasteiger partial charge >= 0.3 is 24.8 Å². The summed E-state index contributed by atoms with van der Waals surface area (Å²) in [5.74, 6) is -0.0463. The summed E-state index contributed by atoms with van der Waals surface area (Å²) in [7, 11) is -4.94. The Labute approximate surface area is 83.0 Å². The van der Waals surface area contributed by atoms with E-state index >= 15 is 0 Å². The van der Waals surface area contributed by atoms with Crippen molar-refractivity contribution >= 4 is 5.97 Å². The van der Waals surface area contributed by atoms with Gasteiger partial charge in [0.05, 0.1) is 6.61 Å². The standard InChI is InChI=1S/C4H6O2.ClHO4.Li/c5-4-2-1-3-6-4;2-1(3,4)5;/h1-3H2;(H,2,3,4,5);/q;;+1/p-1. The average molecular weight is 192 g/mol. The summed E-state index contributed by atoms with van der Waals surface area (Å²) in [4.78, 5) is 10.0. The number of cyclic esters (lactones) is 1. The fourth-order valence-electron chi connectivity index (χ4n) is 0.475. The Bertz CT molecular complexity index is 120. The van der Waals surface area contributed by atoms with E-state index < -0.39 is 10.2 Å². The molecule has 6 nitrogen and oxygen atoms in total. The van der Waals surface area contributed by atoms with Crippen LogP contribution in [0.2, 0.25) is 0 Å². The second-order valence-electron chi connectivity index (χ2n) is 1.70. The fourth-order valence-corrected chi connectivity index (χ4v) is 0.475. The number of halogens is 1. The SMILES string of the molecule is O=C1CCCO1.[Li+].[O-][Cl+3]([O-])([O-])[O-]. The van der Waals surface area contributed by atoms with Gasteiger partial charge in [-0.05, 0) is 6.42 Å². The van der Waals surface area contributed by atoms with E-state index in [-0.39, 0.29) is 24.8 Å². The van der Waals surface area contributed by atoms with E-state index in [0.29, 0.717) is 13.0 Å².